The zero-order chi connectivity index (χ0) is 12.5. The van der Waals surface area contributed by atoms with E-state index < -0.39 is 0 Å². The average Bonchev–Trinajstić information content (AvgIpc) is 2.85. The molecule has 2 heterocycles. The van der Waals surface area contributed by atoms with Gasteiger partial charge in [-0.2, -0.15) is 0 Å². The number of carbonyl (C=O) groups excluding carboxylic acids is 1. The van der Waals surface area contributed by atoms with Crippen molar-refractivity contribution in [2.75, 3.05) is 11.4 Å². The van der Waals surface area contributed by atoms with Crippen molar-refractivity contribution in [1.82, 2.24) is 0 Å². The van der Waals surface area contributed by atoms with Gasteiger partial charge >= 0.3 is 0 Å². The Kier molecular flexibility index (Phi) is 3.22. The van der Waals surface area contributed by atoms with Crippen molar-refractivity contribution < 1.29 is 4.79 Å². The predicted molar refractivity (Wildman–Crippen MR) is 78.6 cm³/mol. The monoisotopic (exact) mass is 321 g/mol. The largest absolute Gasteiger partial charge is 0.366 e. The molecule has 0 amide bonds. The van der Waals surface area contributed by atoms with Gasteiger partial charge in [-0.05, 0) is 41.6 Å². The fourth-order valence-corrected chi connectivity index (χ4v) is 3.58. The summed E-state index contributed by atoms with van der Waals surface area (Å²) in [6.45, 7) is 1.88. The molecular weight excluding hydrogens is 310 g/mol. The number of rotatable bonds is 2. The van der Waals surface area contributed by atoms with E-state index in [9.17, 15) is 4.79 Å². The molecule has 2 aromatic rings. The molecule has 3 rings (SSSR count). The van der Waals surface area contributed by atoms with Gasteiger partial charge in [0.1, 0.15) is 0 Å². The van der Waals surface area contributed by atoms with Crippen molar-refractivity contribution in [2.24, 2.45) is 0 Å². The summed E-state index contributed by atoms with van der Waals surface area (Å²) >= 11 is 5.31. The highest BCUT2D eigenvalue weighted by molar-refractivity contribution is 9.10. The normalized spacial score (nSPS) is 14.4. The first-order chi connectivity index (χ1) is 8.78. The molecule has 0 aliphatic carbocycles. The molecule has 0 fully saturated rings. The van der Waals surface area contributed by atoms with E-state index in [1.54, 1.807) is 0 Å². The van der Waals surface area contributed by atoms with E-state index in [1.165, 1.54) is 10.4 Å². The van der Waals surface area contributed by atoms with Crippen molar-refractivity contribution in [3.05, 3.63) is 50.1 Å². The summed E-state index contributed by atoms with van der Waals surface area (Å²) in [7, 11) is 0. The minimum absolute atomic E-state index is 0.761. The molecule has 0 spiro atoms. The molecule has 0 saturated heterocycles. The van der Waals surface area contributed by atoms with Crippen LogP contribution >= 0.6 is 27.3 Å². The highest BCUT2D eigenvalue weighted by Gasteiger charge is 2.19. The van der Waals surface area contributed by atoms with Crippen LogP contribution in [0.25, 0.3) is 0 Å². The van der Waals surface area contributed by atoms with Crippen LogP contribution in [0.5, 0.6) is 0 Å². The molecule has 0 radical (unpaired) electrons. The fourth-order valence-electron chi connectivity index (χ4n) is 2.34. The number of nitrogens with zero attached hydrogens (tertiary/aromatic N) is 1. The third-order valence-corrected chi connectivity index (χ3v) is 4.78. The number of carbonyl (C=O) groups is 1. The summed E-state index contributed by atoms with van der Waals surface area (Å²) < 4.78 is 1.01. The van der Waals surface area contributed by atoms with Gasteiger partial charge in [0.05, 0.1) is 0 Å². The molecule has 18 heavy (non-hydrogen) atoms. The van der Waals surface area contributed by atoms with Gasteiger partial charge in [-0.1, -0.05) is 15.9 Å². The van der Waals surface area contributed by atoms with Gasteiger partial charge in [0.2, 0.25) is 0 Å². The Labute approximate surface area is 118 Å². The second-order valence-electron chi connectivity index (χ2n) is 4.36. The molecule has 1 aromatic carbocycles. The number of hydrogen-bond acceptors (Lipinski definition) is 3. The van der Waals surface area contributed by atoms with Gasteiger partial charge in [-0.15, -0.1) is 11.3 Å². The standard InChI is InChI=1S/C14H12BrNOS/c15-12-2-1-11(9-17)13(7-12)16-5-3-14-10(8-16)4-6-18-14/h1-2,4,6-7,9H,3,5,8H2. The Bertz CT molecular complexity index is 593. The molecule has 0 N–H and O–H groups in total. The lowest BCUT2D eigenvalue weighted by Gasteiger charge is -2.30. The molecule has 1 aliphatic rings. The summed E-state index contributed by atoms with van der Waals surface area (Å²) in [6.07, 6.45) is 2.00. The van der Waals surface area contributed by atoms with Crippen LogP contribution in [0.3, 0.4) is 0 Å². The maximum Gasteiger partial charge on any atom is 0.152 e. The fraction of sp³-hybridized carbons (Fsp3) is 0.214. The van der Waals surface area contributed by atoms with E-state index in [0.29, 0.717) is 0 Å². The number of aldehydes is 1. The summed E-state index contributed by atoms with van der Waals surface area (Å²) in [4.78, 5) is 14.9. The lowest BCUT2D eigenvalue weighted by Crippen LogP contribution is -2.30. The number of fused-ring (bicyclic) bond motifs is 1. The van der Waals surface area contributed by atoms with E-state index >= 15 is 0 Å². The van der Waals surface area contributed by atoms with E-state index in [1.807, 2.05) is 29.5 Å². The third-order valence-electron chi connectivity index (χ3n) is 3.27. The Morgan fingerprint density at radius 2 is 2.22 bits per heavy atom. The molecule has 0 bridgehead atoms. The van der Waals surface area contributed by atoms with E-state index in [2.05, 4.69) is 32.3 Å². The Balaban J connectivity index is 1.97. The lowest BCUT2D eigenvalue weighted by molar-refractivity contribution is 0.112. The molecule has 92 valence electrons. The molecule has 1 aliphatic heterocycles. The summed E-state index contributed by atoms with van der Waals surface area (Å²) in [5.74, 6) is 0. The van der Waals surface area contributed by atoms with Crippen molar-refractivity contribution in [3.8, 4) is 0 Å². The van der Waals surface area contributed by atoms with Crippen LogP contribution in [0, 0.1) is 0 Å². The van der Waals surface area contributed by atoms with Crippen LogP contribution in [-0.4, -0.2) is 12.8 Å². The van der Waals surface area contributed by atoms with E-state index in [-0.39, 0.29) is 0 Å². The maximum atomic E-state index is 11.1. The summed E-state index contributed by atoms with van der Waals surface area (Å²) in [5.41, 5.74) is 3.18. The first kappa shape index (κ1) is 11.9. The number of halogens is 1. The summed E-state index contributed by atoms with van der Waals surface area (Å²) in [5, 5.41) is 2.15. The Morgan fingerprint density at radius 1 is 1.33 bits per heavy atom. The Morgan fingerprint density at radius 3 is 3.06 bits per heavy atom. The second-order valence-corrected chi connectivity index (χ2v) is 6.28. The first-order valence-corrected chi connectivity index (χ1v) is 7.50. The number of thiophene rings is 1. The molecule has 0 saturated carbocycles. The van der Waals surface area contributed by atoms with Crippen LogP contribution in [0.2, 0.25) is 0 Å². The molecule has 0 unspecified atom stereocenters. The van der Waals surface area contributed by atoms with Crippen LogP contribution in [0.1, 0.15) is 20.8 Å². The van der Waals surface area contributed by atoms with Gasteiger partial charge in [0, 0.05) is 33.7 Å². The summed E-state index contributed by atoms with van der Waals surface area (Å²) in [6, 6.07) is 7.99. The van der Waals surface area contributed by atoms with E-state index in [4.69, 9.17) is 0 Å². The van der Waals surface area contributed by atoms with Crippen LogP contribution in [0.4, 0.5) is 5.69 Å². The highest BCUT2D eigenvalue weighted by Crippen LogP contribution is 2.31. The van der Waals surface area contributed by atoms with Crippen LogP contribution in [0.15, 0.2) is 34.1 Å². The Hall–Kier alpha value is -1.13. The van der Waals surface area contributed by atoms with Gasteiger partial charge < -0.3 is 4.90 Å². The zero-order valence-electron chi connectivity index (χ0n) is 9.73. The highest BCUT2D eigenvalue weighted by atomic mass is 79.9. The van der Waals surface area contributed by atoms with Crippen LogP contribution in [-0.2, 0) is 13.0 Å². The first-order valence-electron chi connectivity index (χ1n) is 5.83. The van der Waals surface area contributed by atoms with Crippen molar-refractivity contribution >= 4 is 39.2 Å². The third kappa shape index (κ3) is 2.10. The maximum absolute atomic E-state index is 11.1. The van der Waals surface area contributed by atoms with Gasteiger partial charge in [0.15, 0.2) is 6.29 Å². The number of benzene rings is 1. The predicted octanol–water partition coefficient (Wildman–Crippen LogP) is 3.89. The SMILES string of the molecule is O=Cc1ccc(Br)cc1N1CCc2sccc2C1. The quantitative estimate of drug-likeness (QED) is 0.782. The minimum atomic E-state index is 0.761. The minimum Gasteiger partial charge on any atom is -0.366 e. The topological polar surface area (TPSA) is 20.3 Å². The second kappa shape index (κ2) is 4.86. The van der Waals surface area contributed by atoms with Gasteiger partial charge in [-0.25, -0.2) is 0 Å². The lowest BCUT2D eigenvalue weighted by atomic mass is 10.1. The van der Waals surface area contributed by atoms with E-state index in [0.717, 1.165) is 41.5 Å². The van der Waals surface area contributed by atoms with Crippen molar-refractivity contribution in [3.63, 3.8) is 0 Å². The average molecular weight is 322 g/mol. The van der Waals surface area contributed by atoms with Crippen molar-refractivity contribution in [2.45, 2.75) is 13.0 Å². The van der Waals surface area contributed by atoms with Crippen molar-refractivity contribution in [1.29, 1.82) is 0 Å². The smallest absolute Gasteiger partial charge is 0.152 e. The van der Waals surface area contributed by atoms with Gasteiger partial charge in [-0.3, -0.25) is 4.79 Å². The molecular formula is C14H12BrNOS. The number of hydrogen-bond donors (Lipinski definition) is 0. The molecule has 0 atom stereocenters. The van der Waals surface area contributed by atoms with Gasteiger partial charge in [0.25, 0.3) is 0 Å². The zero-order valence-corrected chi connectivity index (χ0v) is 12.1. The number of anilines is 1. The molecule has 2 nitrogen and oxygen atoms in total. The molecule has 1 aromatic heterocycles. The molecule has 4 heteroatoms. The van der Waals surface area contributed by atoms with Crippen LogP contribution < -0.4 is 4.90 Å².